The summed E-state index contributed by atoms with van der Waals surface area (Å²) in [5, 5.41) is 0. The first-order valence-corrected chi connectivity index (χ1v) is 4.44. The molecule has 64 valence electrons. The van der Waals surface area contributed by atoms with Gasteiger partial charge < -0.3 is 4.74 Å². The Kier molecular flexibility index (Phi) is 3.02. The molecule has 1 rings (SSSR count). The third kappa shape index (κ3) is 1.94. The van der Waals surface area contributed by atoms with E-state index in [1.54, 1.807) is 0 Å². The SMILES string of the molecule is COC(=O)c1nc(I)ccc1C. The van der Waals surface area contributed by atoms with E-state index >= 15 is 0 Å². The Hall–Kier alpha value is -0.650. The highest BCUT2D eigenvalue weighted by molar-refractivity contribution is 14.1. The minimum Gasteiger partial charge on any atom is -0.464 e. The fourth-order valence-corrected chi connectivity index (χ4v) is 1.23. The lowest BCUT2D eigenvalue weighted by Crippen LogP contribution is -2.07. The van der Waals surface area contributed by atoms with E-state index < -0.39 is 0 Å². The number of hydrogen-bond acceptors (Lipinski definition) is 3. The Morgan fingerprint density at radius 1 is 1.58 bits per heavy atom. The van der Waals surface area contributed by atoms with Crippen LogP contribution in [0.25, 0.3) is 0 Å². The Labute approximate surface area is 84.3 Å². The number of methoxy groups -OCH3 is 1. The number of esters is 1. The fraction of sp³-hybridized carbons (Fsp3) is 0.250. The molecule has 1 aromatic rings. The average Bonchev–Trinajstić information content (AvgIpc) is 2.08. The predicted octanol–water partition coefficient (Wildman–Crippen LogP) is 1.78. The monoisotopic (exact) mass is 277 g/mol. The number of carbonyl (C=O) groups is 1. The molecule has 0 saturated carbocycles. The highest BCUT2D eigenvalue weighted by Gasteiger charge is 2.10. The summed E-state index contributed by atoms with van der Waals surface area (Å²) in [5.41, 5.74) is 1.23. The zero-order valence-electron chi connectivity index (χ0n) is 6.80. The summed E-state index contributed by atoms with van der Waals surface area (Å²) in [6.07, 6.45) is 0. The second-order valence-corrected chi connectivity index (χ2v) is 3.40. The second kappa shape index (κ2) is 3.84. The van der Waals surface area contributed by atoms with Crippen molar-refractivity contribution < 1.29 is 9.53 Å². The van der Waals surface area contributed by atoms with Gasteiger partial charge in [-0.2, -0.15) is 0 Å². The molecule has 1 heterocycles. The number of rotatable bonds is 1. The second-order valence-electron chi connectivity index (χ2n) is 2.29. The molecule has 0 saturated heterocycles. The van der Waals surface area contributed by atoms with Crippen molar-refractivity contribution in [1.29, 1.82) is 0 Å². The first-order chi connectivity index (χ1) is 5.65. The number of aromatic nitrogens is 1. The van der Waals surface area contributed by atoms with E-state index in [4.69, 9.17) is 0 Å². The third-order valence-electron chi connectivity index (χ3n) is 1.44. The van der Waals surface area contributed by atoms with Crippen molar-refractivity contribution in [2.24, 2.45) is 0 Å². The van der Waals surface area contributed by atoms with Crippen molar-refractivity contribution in [2.45, 2.75) is 6.92 Å². The summed E-state index contributed by atoms with van der Waals surface area (Å²) in [6.45, 7) is 1.83. The Balaban J connectivity index is 3.13. The Bertz CT molecular complexity index is 312. The number of ether oxygens (including phenoxy) is 1. The number of aryl methyl sites for hydroxylation is 1. The van der Waals surface area contributed by atoms with Crippen LogP contribution in [-0.2, 0) is 4.74 Å². The van der Waals surface area contributed by atoms with Crippen molar-refractivity contribution >= 4 is 28.6 Å². The van der Waals surface area contributed by atoms with Crippen LogP contribution in [-0.4, -0.2) is 18.1 Å². The maximum Gasteiger partial charge on any atom is 0.356 e. The highest BCUT2D eigenvalue weighted by atomic mass is 127. The smallest absolute Gasteiger partial charge is 0.356 e. The van der Waals surface area contributed by atoms with Gasteiger partial charge in [-0.05, 0) is 41.1 Å². The van der Waals surface area contributed by atoms with Gasteiger partial charge >= 0.3 is 5.97 Å². The maximum atomic E-state index is 11.1. The van der Waals surface area contributed by atoms with Crippen LogP contribution in [0.2, 0.25) is 0 Å². The molecule has 0 spiro atoms. The minimum absolute atomic E-state index is 0.383. The zero-order valence-corrected chi connectivity index (χ0v) is 8.95. The number of hydrogen-bond donors (Lipinski definition) is 0. The molecular formula is C8H8INO2. The maximum absolute atomic E-state index is 11.1. The first kappa shape index (κ1) is 9.44. The van der Waals surface area contributed by atoms with Crippen LogP contribution in [0.4, 0.5) is 0 Å². The van der Waals surface area contributed by atoms with Crippen molar-refractivity contribution in [1.82, 2.24) is 4.98 Å². The largest absolute Gasteiger partial charge is 0.464 e. The van der Waals surface area contributed by atoms with E-state index in [0.29, 0.717) is 5.69 Å². The number of pyridine rings is 1. The van der Waals surface area contributed by atoms with Crippen LogP contribution >= 0.6 is 22.6 Å². The lowest BCUT2D eigenvalue weighted by Gasteiger charge is -2.01. The number of nitrogens with zero attached hydrogens (tertiary/aromatic N) is 1. The fourth-order valence-electron chi connectivity index (χ4n) is 0.808. The topological polar surface area (TPSA) is 39.2 Å². The van der Waals surface area contributed by atoms with Crippen LogP contribution in [0.15, 0.2) is 12.1 Å². The van der Waals surface area contributed by atoms with E-state index in [-0.39, 0.29) is 5.97 Å². The predicted molar refractivity (Wildman–Crippen MR) is 53.0 cm³/mol. The molecule has 0 aliphatic heterocycles. The number of carbonyl (C=O) groups excluding carboxylic acids is 1. The van der Waals surface area contributed by atoms with Gasteiger partial charge in [0.25, 0.3) is 0 Å². The molecule has 3 nitrogen and oxygen atoms in total. The molecule has 0 unspecified atom stereocenters. The normalized spacial score (nSPS) is 9.58. The van der Waals surface area contributed by atoms with E-state index in [2.05, 4.69) is 32.3 Å². The summed E-state index contributed by atoms with van der Waals surface area (Å²) in [6, 6.07) is 3.70. The van der Waals surface area contributed by atoms with Gasteiger partial charge in [0.15, 0.2) is 5.69 Å². The van der Waals surface area contributed by atoms with Gasteiger partial charge in [0.05, 0.1) is 7.11 Å². The average molecular weight is 277 g/mol. The van der Waals surface area contributed by atoms with Crippen LogP contribution in [0.1, 0.15) is 16.1 Å². The highest BCUT2D eigenvalue weighted by Crippen LogP contribution is 2.09. The molecule has 0 radical (unpaired) electrons. The van der Waals surface area contributed by atoms with Crippen molar-refractivity contribution in [3.05, 3.63) is 27.1 Å². The molecule has 1 aromatic heterocycles. The van der Waals surface area contributed by atoms with E-state index in [0.717, 1.165) is 9.26 Å². The van der Waals surface area contributed by atoms with Gasteiger partial charge in [-0.3, -0.25) is 0 Å². The van der Waals surface area contributed by atoms with Crippen molar-refractivity contribution in [3.8, 4) is 0 Å². The van der Waals surface area contributed by atoms with Gasteiger partial charge in [0.1, 0.15) is 3.70 Å². The molecule has 0 aliphatic rings. The van der Waals surface area contributed by atoms with Gasteiger partial charge in [-0.25, -0.2) is 9.78 Å². The molecular weight excluding hydrogens is 269 g/mol. The summed E-state index contributed by atoms with van der Waals surface area (Å²) in [5.74, 6) is -0.383. The van der Waals surface area contributed by atoms with Gasteiger partial charge in [0, 0.05) is 0 Å². The Morgan fingerprint density at radius 2 is 2.25 bits per heavy atom. The van der Waals surface area contributed by atoms with Crippen molar-refractivity contribution in [2.75, 3.05) is 7.11 Å². The lowest BCUT2D eigenvalue weighted by atomic mass is 10.2. The molecule has 12 heavy (non-hydrogen) atoms. The molecule has 0 atom stereocenters. The quantitative estimate of drug-likeness (QED) is 0.446. The van der Waals surface area contributed by atoms with E-state index in [1.807, 2.05) is 19.1 Å². The van der Waals surface area contributed by atoms with Gasteiger partial charge in [0.2, 0.25) is 0 Å². The van der Waals surface area contributed by atoms with Crippen LogP contribution in [0.3, 0.4) is 0 Å². The summed E-state index contributed by atoms with van der Waals surface area (Å²) in [4.78, 5) is 15.2. The summed E-state index contributed by atoms with van der Waals surface area (Å²) >= 11 is 2.05. The molecule has 0 aliphatic carbocycles. The standard InChI is InChI=1S/C8H8INO2/c1-5-3-4-6(9)10-7(5)8(11)12-2/h3-4H,1-2H3. The summed E-state index contributed by atoms with van der Waals surface area (Å²) < 4.78 is 5.36. The van der Waals surface area contributed by atoms with Crippen LogP contribution in [0.5, 0.6) is 0 Å². The van der Waals surface area contributed by atoms with Gasteiger partial charge in [-0.1, -0.05) is 6.07 Å². The summed E-state index contributed by atoms with van der Waals surface area (Å²) in [7, 11) is 1.35. The molecule has 0 aromatic carbocycles. The third-order valence-corrected chi connectivity index (χ3v) is 2.04. The zero-order chi connectivity index (χ0) is 9.14. The van der Waals surface area contributed by atoms with Crippen LogP contribution in [0, 0.1) is 10.6 Å². The first-order valence-electron chi connectivity index (χ1n) is 3.36. The molecule has 0 N–H and O–H groups in total. The van der Waals surface area contributed by atoms with Crippen molar-refractivity contribution in [3.63, 3.8) is 0 Å². The van der Waals surface area contributed by atoms with Crippen LogP contribution < -0.4 is 0 Å². The van der Waals surface area contributed by atoms with E-state index in [1.165, 1.54) is 7.11 Å². The Morgan fingerprint density at radius 3 is 2.83 bits per heavy atom. The van der Waals surface area contributed by atoms with E-state index in [9.17, 15) is 4.79 Å². The van der Waals surface area contributed by atoms with Gasteiger partial charge in [-0.15, -0.1) is 0 Å². The lowest BCUT2D eigenvalue weighted by molar-refractivity contribution is 0.0593. The molecule has 0 bridgehead atoms. The molecule has 0 fully saturated rings. The number of halogens is 1. The molecule has 0 amide bonds. The molecule has 4 heteroatoms. The minimum atomic E-state index is -0.383.